The van der Waals surface area contributed by atoms with E-state index in [2.05, 4.69) is 9.40 Å². The third kappa shape index (κ3) is 1.29. The van der Waals surface area contributed by atoms with Gasteiger partial charge in [-0.05, 0) is 0 Å². The first-order valence-corrected chi connectivity index (χ1v) is 3.18. The van der Waals surface area contributed by atoms with Crippen molar-refractivity contribution in [2.24, 2.45) is 0 Å². The standard InChI is InChI=1S/C7H11NO2/c1-7(2,3)5-4-10-6(9)8-5/h4H,1-3H3,(H,8,9). The van der Waals surface area contributed by atoms with Crippen molar-refractivity contribution in [3.8, 4) is 0 Å². The molecule has 0 fully saturated rings. The molecule has 0 saturated carbocycles. The molecular formula is C7H11NO2. The minimum absolute atomic E-state index is 0.0356. The van der Waals surface area contributed by atoms with Crippen molar-refractivity contribution < 1.29 is 4.42 Å². The molecule has 0 saturated heterocycles. The summed E-state index contributed by atoms with van der Waals surface area (Å²) in [5.41, 5.74) is 0.795. The van der Waals surface area contributed by atoms with E-state index in [9.17, 15) is 4.79 Å². The normalized spacial score (nSPS) is 11.9. The molecule has 56 valence electrons. The molecule has 0 aliphatic rings. The molecule has 0 bridgehead atoms. The van der Waals surface area contributed by atoms with Gasteiger partial charge in [0.2, 0.25) is 0 Å². The maximum Gasteiger partial charge on any atom is 0.416 e. The second-order valence-corrected chi connectivity index (χ2v) is 3.31. The molecule has 0 aliphatic heterocycles. The van der Waals surface area contributed by atoms with E-state index in [1.165, 1.54) is 6.26 Å². The number of hydrogen-bond acceptors (Lipinski definition) is 2. The smallest absolute Gasteiger partial charge is 0.416 e. The predicted octanol–water partition coefficient (Wildman–Crippen LogP) is 1.27. The summed E-state index contributed by atoms with van der Waals surface area (Å²) < 4.78 is 4.58. The van der Waals surface area contributed by atoms with E-state index < -0.39 is 0 Å². The Bertz CT molecular complexity index is 264. The molecule has 1 heterocycles. The molecule has 0 aliphatic carbocycles. The lowest BCUT2D eigenvalue weighted by molar-refractivity contribution is 0.509. The highest BCUT2D eigenvalue weighted by Crippen LogP contribution is 2.17. The molecule has 1 aromatic rings. The zero-order chi connectivity index (χ0) is 7.78. The van der Waals surface area contributed by atoms with Crippen molar-refractivity contribution in [1.29, 1.82) is 0 Å². The van der Waals surface area contributed by atoms with Gasteiger partial charge >= 0.3 is 5.76 Å². The van der Waals surface area contributed by atoms with Crippen molar-refractivity contribution in [3.05, 3.63) is 22.5 Å². The average Bonchev–Trinajstić information content (AvgIpc) is 2.11. The van der Waals surface area contributed by atoms with Crippen molar-refractivity contribution in [1.82, 2.24) is 4.98 Å². The first-order valence-electron chi connectivity index (χ1n) is 3.18. The fourth-order valence-electron chi connectivity index (χ4n) is 0.646. The van der Waals surface area contributed by atoms with Gasteiger partial charge in [-0.1, -0.05) is 20.8 Å². The van der Waals surface area contributed by atoms with Crippen LogP contribution in [-0.2, 0) is 5.41 Å². The van der Waals surface area contributed by atoms with Gasteiger partial charge in [0.05, 0.1) is 5.69 Å². The van der Waals surface area contributed by atoms with E-state index in [0.29, 0.717) is 0 Å². The maximum atomic E-state index is 10.5. The second kappa shape index (κ2) is 2.01. The van der Waals surface area contributed by atoms with E-state index in [1.54, 1.807) is 0 Å². The highest BCUT2D eigenvalue weighted by Gasteiger charge is 2.15. The summed E-state index contributed by atoms with van der Waals surface area (Å²) in [5, 5.41) is 0. The Labute approximate surface area is 59.1 Å². The summed E-state index contributed by atoms with van der Waals surface area (Å²) >= 11 is 0. The Balaban J connectivity index is 3.07. The lowest BCUT2D eigenvalue weighted by Crippen LogP contribution is -2.13. The fraction of sp³-hybridized carbons (Fsp3) is 0.571. The van der Waals surface area contributed by atoms with Gasteiger partial charge in [0, 0.05) is 5.41 Å². The molecule has 0 atom stereocenters. The first-order chi connectivity index (χ1) is 4.50. The molecule has 3 heteroatoms. The summed E-state index contributed by atoms with van der Waals surface area (Å²) in [6.45, 7) is 6.02. The van der Waals surface area contributed by atoms with Gasteiger partial charge in [-0.2, -0.15) is 0 Å². The third-order valence-electron chi connectivity index (χ3n) is 1.33. The van der Waals surface area contributed by atoms with Crippen molar-refractivity contribution in [2.45, 2.75) is 26.2 Å². The fourth-order valence-corrected chi connectivity index (χ4v) is 0.646. The molecule has 0 amide bonds. The molecule has 0 unspecified atom stereocenters. The van der Waals surface area contributed by atoms with Crippen LogP contribution in [0.2, 0.25) is 0 Å². The number of aromatic nitrogens is 1. The van der Waals surface area contributed by atoms with Crippen LogP contribution in [0.25, 0.3) is 0 Å². The molecule has 1 N–H and O–H groups in total. The summed E-state index contributed by atoms with van der Waals surface area (Å²) in [6, 6.07) is 0. The largest absolute Gasteiger partial charge is 0.416 e. The highest BCUT2D eigenvalue weighted by molar-refractivity contribution is 5.05. The Hall–Kier alpha value is -0.990. The van der Waals surface area contributed by atoms with Crippen LogP contribution < -0.4 is 5.76 Å². The number of H-pyrrole nitrogens is 1. The number of hydrogen-bond donors (Lipinski definition) is 1. The molecule has 10 heavy (non-hydrogen) atoms. The van der Waals surface area contributed by atoms with Crippen molar-refractivity contribution >= 4 is 0 Å². The lowest BCUT2D eigenvalue weighted by Gasteiger charge is -2.13. The van der Waals surface area contributed by atoms with Crippen LogP contribution in [0.15, 0.2) is 15.5 Å². The third-order valence-corrected chi connectivity index (χ3v) is 1.33. The Morgan fingerprint density at radius 1 is 1.50 bits per heavy atom. The zero-order valence-corrected chi connectivity index (χ0v) is 6.39. The molecule has 0 spiro atoms. The Morgan fingerprint density at radius 3 is 2.30 bits per heavy atom. The summed E-state index contributed by atoms with van der Waals surface area (Å²) in [7, 11) is 0. The summed E-state index contributed by atoms with van der Waals surface area (Å²) in [4.78, 5) is 13.1. The van der Waals surface area contributed by atoms with Crippen LogP contribution in [0.1, 0.15) is 26.5 Å². The predicted molar refractivity (Wildman–Crippen MR) is 38.0 cm³/mol. The van der Waals surface area contributed by atoms with Gasteiger partial charge in [0.25, 0.3) is 0 Å². The van der Waals surface area contributed by atoms with Crippen LogP contribution in [0.4, 0.5) is 0 Å². The lowest BCUT2D eigenvalue weighted by atomic mass is 9.93. The number of oxazole rings is 1. The summed E-state index contributed by atoms with van der Waals surface area (Å²) in [5.74, 6) is -0.384. The average molecular weight is 141 g/mol. The minimum atomic E-state index is -0.384. The van der Waals surface area contributed by atoms with Crippen LogP contribution in [0.5, 0.6) is 0 Å². The molecular weight excluding hydrogens is 130 g/mol. The molecule has 3 nitrogen and oxygen atoms in total. The van der Waals surface area contributed by atoms with Gasteiger partial charge in [-0.3, -0.25) is 4.98 Å². The zero-order valence-electron chi connectivity index (χ0n) is 6.39. The number of rotatable bonds is 0. The van der Waals surface area contributed by atoms with E-state index >= 15 is 0 Å². The Morgan fingerprint density at radius 2 is 2.10 bits per heavy atom. The maximum absolute atomic E-state index is 10.5. The molecule has 0 radical (unpaired) electrons. The van der Waals surface area contributed by atoms with Gasteiger partial charge in [0.1, 0.15) is 6.26 Å². The van der Waals surface area contributed by atoms with Gasteiger partial charge in [0.15, 0.2) is 0 Å². The quantitative estimate of drug-likeness (QED) is 0.591. The van der Waals surface area contributed by atoms with Crippen molar-refractivity contribution in [3.63, 3.8) is 0 Å². The molecule has 1 aromatic heterocycles. The topological polar surface area (TPSA) is 46.0 Å². The van der Waals surface area contributed by atoms with Crippen LogP contribution in [0.3, 0.4) is 0 Å². The van der Waals surface area contributed by atoms with Crippen LogP contribution in [0, 0.1) is 0 Å². The van der Waals surface area contributed by atoms with E-state index in [-0.39, 0.29) is 11.2 Å². The van der Waals surface area contributed by atoms with E-state index in [0.717, 1.165) is 5.69 Å². The SMILES string of the molecule is CC(C)(C)c1coc(=O)[nH]1. The van der Waals surface area contributed by atoms with Crippen LogP contribution >= 0.6 is 0 Å². The van der Waals surface area contributed by atoms with E-state index in [4.69, 9.17) is 0 Å². The number of aromatic amines is 1. The van der Waals surface area contributed by atoms with E-state index in [1.807, 2.05) is 20.8 Å². The minimum Gasteiger partial charge on any atom is -0.416 e. The molecule has 1 rings (SSSR count). The Kier molecular flexibility index (Phi) is 1.43. The van der Waals surface area contributed by atoms with Crippen molar-refractivity contribution in [2.75, 3.05) is 0 Å². The second-order valence-electron chi connectivity index (χ2n) is 3.31. The summed E-state index contributed by atoms with van der Waals surface area (Å²) in [6.07, 6.45) is 1.46. The first kappa shape index (κ1) is 7.12. The molecule has 0 aromatic carbocycles. The monoisotopic (exact) mass is 141 g/mol. The van der Waals surface area contributed by atoms with Gasteiger partial charge in [-0.15, -0.1) is 0 Å². The van der Waals surface area contributed by atoms with Crippen LogP contribution in [-0.4, -0.2) is 4.98 Å². The van der Waals surface area contributed by atoms with Gasteiger partial charge in [-0.25, -0.2) is 4.79 Å². The highest BCUT2D eigenvalue weighted by atomic mass is 16.4. The number of nitrogens with one attached hydrogen (secondary N) is 1. The van der Waals surface area contributed by atoms with Gasteiger partial charge < -0.3 is 4.42 Å².